The van der Waals surface area contributed by atoms with E-state index in [1.807, 2.05) is 19.1 Å². The molecular weight excluding hydrogens is 256 g/mol. The molecular formula is C12H17ClN2OS. The molecule has 0 saturated heterocycles. The Morgan fingerprint density at radius 3 is 2.76 bits per heavy atom. The molecule has 17 heavy (non-hydrogen) atoms. The highest BCUT2D eigenvalue weighted by Gasteiger charge is 2.42. The predicted octanol–water partition coefficient (Wildman–Crippen LogP) is 1.79. The minimum Gasteiger partial charge on any atom is -0.359 e. The number of rotatable bonds is 2. The highest BCUT2D eigenvalue weighted by Crippen LogP contribution is 2.45. The van der Waals surface area contributed by atoms with E-state index in [0.717, 1.165) is 6.42 Å². The van der Waals surface area contributed by atoms with Gasteiger partial charge in [0.25, 0.3) is 0 Å². The zero-order valence-corrected chi connectivity index (χ0v) is 11.5. The van der Waals surface area contributed by atoms with Crippen LogP contribution in [0.25, 0.3) is 0 Å². The fourth-order valence-corrected chi connectivity index (χ4v) is 3.31. The van der Waals surface area contributed by atoms with Crippen molar-refractivity contribution in [3.05, 3.63) is 29.8 Å². The third-order valence-electron chi connectivity index (χ3n) is 3.11. The molecule has 1 aliphatic rings. The Bertz CT molecular complexity index is 400. The molecule has 0 aromatic heterocycles. The number of hydrogen-bond acceptors (Lipinski definition) is 3. The average molecular weight is 273 g/mol. The van der Waals surface area contributed by atoms with Gasteiger partial charge in [0.2, 0.25) is 5.91 Å². The van der Waals surface area contributed by atoms with Crippen molar-refractivity contribution in [1.82, 2.24) is 5.32 Å². The van der Waals surface area contributed by atoms with Crippen LogP contribution >= 0.6 is 24.2 Å². The molecule has 94 valence electrons. The quantitative estimate of drug-likeness (QED) is 0.863. The lowest BCUT2D eigenvalue weighted by molar-refractivity contribution is -0.124. The van der Waals surface area contributed by atoms with Crippen molar-refractivity contribution in [1.29, 1.82) is 0 Å². The fourth-order valence-electron chi connectivity index (χ4n) is 1.97. The first-order chi connectivity index (χ1) is 7.57. The van der Waals surface area contributed by atoms with Gasteiger partial charge in [-0.15, -0.1) is 24.2 Å². The standard InChI is InChI=1S/C12H16N2OS.ClH/c1-8(11(15)14-2)12(13)7-9-5-3-4-6-10(9)16-12;/h3-6,8H,7,13H2,1-2H3,(H,14,15);1H/t8-,12?;/m1./s1. The van der Waals surface area contributed by atoms with Gasteiger partial charge >= 0.3 is 0 Å². The monoisotopic (exact) mass is 272 g/mol. The number of thioether (sulfide) groups is 1. The molecule has 0 saturated carbocycles. The van der Waals surface area contributed by atoms with Gasteiger partial charge in [-0.2, -0.15) is 0 Å². The normalized spacial score (nSPS) is 23.5. The van der Waals surface area contributed by atoms with Gasteiger partial charge in [-0.25, -0.2) is 0 Å². The minimum atomic E-state index is -0.510. The maximum Gasteiger partial charge on any atom is 0.225 e. The molecule has 3 N–H and O–H groups in total. The number of carbonyl (C=O) groups is 1. The molecule has 1 aliphatic heterocycles. The summed E-state index contributed by atoms with van der Waals surface area (Å²) in [5, 5.41) is 2.66. The molecule has 1 unspecified atom stereocenters. The molecule has 1 amide bonds. The van der Waals surface area contributed by atoms with Crippen LogP contribution in [-0.4, -0.2) is 17.8 Å². The molecule has 0 spiro atoms. The Labute approximate surface area is 112 Å². The number of halogens is 1. The van der Waals surface area contributed by atoms with Crippen LogP contribution in [0.4, 0.5) is 0 Å². The summed E-state index contributed by atoms with van der Waals surface area (Å²) in [4.78, 5) is 12.3. The highest BCUT2D eigenvalue weighted by atomic mass is 35.5. The van der Waals surface area contributed by atoms with Crippen LogP contribution in [0.3, 0.4) is 0 Å². The van der Waals surface area contributed by atoms with E-state index in [4.69, 9.17) is 5.73 Å². The van der Waals surface area contributed by atoms with E-state index in [2.05, 4.69) is 17.4 Å². The van der Waals surface area contributed by atoms with Crippen molar-refractivity contribution in [3.63, 3.8) is 0 Å². The second-order valence-electron chi connectivity index (χ2n) is 4.18. The molecule has 0 bridgehead atoms. The second kappa shape index (κ2) is 5.29. The zero-order chi connectivity index (χ0) is 11.8. The van der Waals surface area contributed by atoms with Crippen molar-refractivity contribution in [2.24, 2.45) is 11.7 Å². The molecule has 2 atom stereocenters. The van der Waals surface area contributed by atoms with E-state index in [-0.39, 0.29) is 24.2 Å². The van der Waals surface area contributed by atoms with E-state index in [1.54, 1.807) is 18.8 Å². The maximum absolute atomic E-state index is 11.7. The van der Waals surface area contributed by atoms with Crippen molar-refractivity contribution < 1.29 is 4.79 Å². The number of amides is 1. The molecule has 1 aromatic rings. The average Bonchev–Trinajstić information content (AvgIpc) is 2.64. The molecule has 2 rings (SSSR count). The first-order valence-electron chi connectivity index (χ1n) is 5.34. The van der Waals surface area contributed by atoms with Gasteiger partial charge in [0, 0.05) is 18.4 Å². The minimum absolute atomic E-state index is 0. The number of nitrogens with one attached hydrogen (secondary N) is 1. The Balaban J connectivity index is 0.00000144. The first kappa shape index (κ1) is 14.4. The van der Waals surface area contributed by atoms with Gasteiger partial charge < -0.3 is 11.1 Å². The van der Waals surface area contributed by atoms with E-state index in [9.17, 15) is 4.79 Å². The lowest BCUT2D eigenvalue weighted by Crippen LogP contribution is -2.48. The number of carbonyl (C=O) groups excluding carboxylic acids is 1. The molecule has 3 nitrogen and oxygen atoms in total. The largest absolute Gasteiger partial charge is 0.359 e. The van der Waals surface area contributed by atoms with E-state index in [1.165, 1.54) is 10.5 Å². The summed E-state index contributed by atoms with van der Waals surface area (Å²) in [7, 11) is 1.65. The van der Waals surface area contributed by atoms with Gasteiger partial charge in [-0.3, -0.25) is 4.79 Å². The van der Waals surface area contributed by atoms with Gasteiger partial charge in [-0.05, 0) is 11.6 Å². The third-order valence-corrected chi connectivity index (χ3v) is 4.61. The zero-order valence-electron chi connectivity index (χ0n) is 9.90. The topological polar surface area (TPSA) is 55.1 Å². The van der Waals surface area contributed by atoms with Crippen LogP contribution in [0.15, 0.2) is 29.2 Å². The summed E-state index contributed by atoms with van der Waals surface area (Å²) in [5.74, 6) is -0.197. The van der Waals surface area contributed by atoms with Crippen LogP contribution < -0.4 is 11.1 Å². The Morgan fingerprint density at radius 2 is 2.18 bits per heavy atom. The summed E-state index contributed by atoms with van der Waals surface area (Å²) in [6.45, 7) is 1.89. The van der Waals surface area contributed by atoms with Crippen molar-refractivity contribution in [2.75, 3.05) is 7.05 Å². The van der Waals surface area contributed by atoms with Crippen molar-refractivity contribution in [2.45, 2.75) is 23.1 Å². The SMILES string of the molecule is CNC(=O)[C@@H](C)C1(N)Cc2ccccc2S1.Cl. The highest BCUT2D eigenvalue weighted by molar-refractivity contribution is 8.01. The summed E-state index contributed by atoms with van der Waals surface area (Å²) in [5.41, 5.74) is 7.57. The lowest BCUT2D eigenvalue weighted by Gasteiger charge is -2.28. The van der Waals surface area contributed by atoms with Gasteiger partial charge in [-0.1, -0.05) is 25.1 Å². The van der Waals surface area contributed by atoms with Gasteiger partial charge in [0.1, 0.15) is 0 Å². The smallest absolute Gasteiger partial charge is 0.225 e. The molecule has 5 heteroatoms. The van der Waals surface area contributed by atoms with Crippen molar-refractivity contribution in [3.8, 4) is 0 Å². The number of fused-ring (bicyclic) bond motifs is 1. The van der Waals surface area contributed by atoms with Crippen LogP contribution in [0.5, 0.6) is 0 Å². The van der Waals surface area contributed by atoms with Crippen LogP contribution in [-0.2, 0) is 11.2 Å². The summed E-state index contributed by atoms with van der Waals surface area (Å²) in [6.07, 6.45) is 0.752. The Kier molecular flexibility index (Phi) is 4.47. The Morgan fingerprint density at radius 1 is 1.53 bits per heavy atom. The van der Waals surface area contributed by atoms with Crippen LogP contribution in [0.1, 0.15) is 12.5 Å². The van der Waals surface area contributed by atoms with Crippen LogP contribution in [0.2, 0.25) is 0 Å². The maximum atomic E-state index is 11.7. The first-order valence-corrected chi connectivity index (χ1v) is 6.16. The third kappa shape index (κ3) is 2.59. The van der Waals surface area contributed by atoms with E-state index in [0.29, 0.717) is 0 Å². The lowest BCUT2D eigenvalue weighted by atomic mass is 9.95. The van der Waals surface area contributed by atoms with Gasteiger partial charge in [0.05, 0.1) is 10.8 Å². The van der Waals surface area contributed by atoms with Gasteiger partial charge in [0.15, 0.2) is 0 Å². The van der Waals surface area contributed by atoms with E-state index >= 15 is 0 Å². The second-order valence-corrected chi connectivity index (χ2v) is 5.58. The molecule has 0 radical (unpaired) electrons. The van der Waals surface area contributed by atoms with E-state index < -0.39 is 4.87 Å². The molecule has 0 fully saturated rings. The van der Waals surface area contributed by atoms with Crippen LogP contribution in [0, 0.1) is 5.92 Å². The summed E-state index contributed by atoms with van der Waals surface area (Å²) >= 11 is 1.61. The fraction of sp³-hybridized carbons (Fsp3) is 0.417. The number of hydrogen-bond donors (Lipinski definition) is 2. The number of nitrogens with two attached hydrogens (primary N) is 1. The molecule has 1 heterocycles. The molecule has 1 aromatic carbocycles. The summed E-state index contributed by atoms with van der Waals surface area (Å²) < 4.78 is 0. The predicted molar refractivity (Wildman–Crippen MR) is 73.4 cm³/mol. The summed E-state index contributed by atoms with van der Waals surface area (Å²) in [6, 6.07) is 8.15. The molecule has 0 aliphatic carbocycles. The van der Waals surface area contributed by atoms with Crippen molar-refractivity contribution >= 4 is 30.1 Å². The number of benzene rings is 1. The Hall–Kier alpha value is -0.710.